The third kappa shape index (κ3) is 4.71. The zero-order valence-corrected chi connectivity index (χ0v) is 12.8. The average Bonchev–Trinajstić information content (AvgIpc) is 2.98. The number of thiophene rings is 1. The molecule has 0 spiro atoms. The molecule has 0 saturated carbocycles. The van der Waals surface area contributed by atoms with Crippen molar-refractivity contribution in [3.05, 3.63) is 20.8 Å². The van der Waals surface area contributed by atoms with Crippen LogP contribution in [0.5, 0.6) is 0 Å². The highest BCUT2D eigenvalue weighted by atomic mass is 79.9. The van der Waals surface area contributed by atoms with Gasteiger partial charge in [-0.3, -0.25) is 4.79 Å². The summed E-state index contributed by atoms with van der Waals surface area (Å²) in [5.74, 6) is 0.819. The summed E-state index contributed by atoms with van der Waals surface area (Å²) in [6.45, 7) is 2.97. The monoisotopic (exact) mass is 330 g/mol. The Kier molecular flexibility index (Phi) is 5.66. The van der Waals surface area contributed by atoms with E-state index in [0.29, 0.717) is 12.3 Å². The van der Waals surface area contributed by atoms with Gasteiger partial charge in [-0.05, 0) is 66.3 Å². The summed E-state index contributed by atoms with van der Waals surface area (Å²) < 4.78 is 1.16. The molecule has 2 rings (SSSR count). The molecule has 1 aromatic rings. The lowest BCUT2D eigenvalue weighted by Crippen LogP contribution is -2.30. The standard InChI is InChI=1S/C13H19BrN2OS/c14-12-5-4-11(18-12)2-1-3-13(17)16-9-10-6-7-15-8-10/h4-5,10,15H,1-3,6-9H2,(H,16,17). The van der Waals surface area contributed by atoms with Crippen LogP contribution >= 0.6 is 27.3 Å². The van der Waals surface area contributed by atoms with Crippen LogP contribution in [0, 0.1) is 5.92 Å². The molecule has 1 aromatic heterocycles. The maximum atomic E-state index is 11.7. The molecule has 1 unspecified atom stereocenters. The van der Waals surface area contributed by atoms with Gasteiger partial charge < -0.3 is 10.6 Å². The van der Waals surface area contributed by atoms with Crippen molar-refractivity contribution in [3.8, 4) is 0 Å². The van der Waals surface area contributed by atoms with E-state index in [-0.39, 0.29) is 5.91 Å². The smallest absolute Gasteiger partial charge is 0.220 e. The molecule has 1 aliphatic rings. The fraction of sp³-hybridized carbons (Fsp3) is 0.615. The zero-order chi connectivity index (χ0) is 12.8. The second-order valence-electron chi connectivity index (χ2n) is 4.72. The molecule has 5 heteroatoms. The van der Waals surface area contributed by atoms with E-state index in [2.05, 4.69) is 38.7 Å². The van der Waals surface area contributed by atoms with Gasteiger partial charge in [-0.25, -0.2) is 0 Å². The van der Waals surface area contributed by atoms with Gasteiger partial charge in [-0.15, -0.1) is 11.3 Å². The number of nitrogens with one attached hydrogen (secondary N) is 2. The third-order valence-corrected chi connectivity index (χ3v) is 4.89. The molecule has 0 radical (unpaired) electrons. The second-order valence-corrected chi connectivity index (χ2v) is 7.27. The van der Waals surface area contributed by atoms with Crippen molar-refractivity contribution < 1.29 is 4.79 Å². The Balaban J connectivity index is 1.57. The highest BCUT2D eigenvalue weighted by molar-refractivity contribution is 9.11. The highest BCUT2D eigenvalue weighted by Gasteiger charge is 2.14. The molecule has 0 aromatic carbocycles. The fourth-order valence-corrected chi connectivity index (χ4v) is 3.67. The van der Waals surface area contributed by atoms with Crippen molar-refractivity contribution in [2.24, 2.45) is 5.92 Å². The van der Waals surface area contributed by atoms with Gasteiger partial charge in [0.25, 0.3) is 0 Å². The van der Waals surface area contributed by atoms with E-state index >= 15 is 0 Å². The lowest BCUT2D eigenvalue weighted by Gasteiger charge is -2.09. The predicted octanol–water partition coefficient (Wildman–Crippen LogP) is 2.56. The zero-order valence-electron chi connectivity index (χ0n) is 10.4. The minimum Gasteiger partial charge on any atom is -0.356 e. The van der Waals surface area contributed by atoms with Crippen LogP contribution in [-0.4, -0.2) is 25.5 Å². The third-order valence-electron chi connectivity index (χ3n) is 3.21. The molecule has 1 aliphatic heterocycles. The van der Waals surface area contributed by atoms with Crippen LogP contribution in [0.4, 0.5) is 0 Å². The van der Waals surface area contributed by atoms with Crippen LogP contribution in [0.3, 0.4) is 0 Å². The summed E-state index contributed by atoms with van der Waals surface area (Å²) in [7, 11) is 0. The van der Waals surface area contributed by atoms with Crippen molar-refractivity contribution in [2.75, 3.05) is 19.6 Å². The van der Waals surface area contributed by atoms with Gasteiger partial charge in [0.2, 0.25) is 5.91 Å². The van der Waals surface area contributed by atoms with Crippen LogP contribution < -0.4 is 10.6 Å². The van der Waals surface area contributed by atoms with Crippen molar-refractivity contribution in [3.63, 3.8) is 0 Å². The molecule has 3 nitrogen and oxygen atoms in total. The van der Waals surface area contributed by atoms with E-state index in [1.54, 1.807) is 11.3 Å². The summed E-state index contributed by atoms with van der Waals surface area (Å²) in [4.78, 5) is 13.0. The second kappa shape index (κ2) is 7.26. The molecule has 2 heterocycles. The Morgan fingerprint density at radius 1 is 1.56 bits per heavy atom. The molecule has 100 valence electrons. The molecule has 0 aliphatic carbocycles. The Hall–Kier alpha value is -0.390. The first-order chi connectivity index (χ1) is 8.74. The van der Waals surface area contributed by atoms with Crippen LogP contribution in [0.1, 0.15) is 24.1 Å². The number of hydrogen-bond donors (Lipinski definition) is 2. The Bertz CT molecular complexity index is 388. The number of aryl methyl sites for hydroxylation is 1. The SMILES string of the molecule is O=C(CCCc1ccc(Br)s1)NCC1CCNC1. The first-order valence-electron chi connectivity index (χ1n) is 6.45. The van der Waals surface area contributed by atoms with E-state index < -0.39 is 0 Å². The number of halogens is 1. The number of amides is 1. The van der Waals surface area contributed by atoms with E-state index in [4.69, 9.17) is 0 Å². The quantitative estimate of drug-likeness (QED) is 0.841. The summed E-state index contributed by atoms with van der Waals surface area (Å²) in [5.41, 5.74) is 0. The van der Waals surface area contributed by atoms with Gasteiger partial charge in [-0.1, -0.05) is 0 Å². The maximum absolute atomic E-state index is 11.7. The topological polar surface area (TPSA) is 41.1 Å². The van der Waals surface area contributed by atoms with Crippen molar-refractivity contribution in [1.82, 2.24) is 10.6 Å². The lowest BCUT2D eigenvalue weighted by molar-refractivity contribution is -0.121. The molecule has 18 heavy (non-hydrogen) atoms. The number of carbonyl (C=O) groups excluding carboxylic acids is 1. The van der Waals surface area contributed by atoms with Crippen LogP contribution in [0.15, 0.2) is 15.9 Å². The van der Waals surface area contributed by atoms with Crippen LogP contribution in [0.25, 0.3) is 0 Å². The maximum Gasteiger partial charge on any atom is 0.220 e. The molecule has 2 N–H and O–H groups in total. The van der Waals surface area contributed by atoms with Crippen LogP contribution in [0.2, 0.25) is 0 Å². The van der Waals surface area contributed by atoms with Crippen molar-refractivity contribution >= 4 is 33.2 Å². The minimum atomic E-state index is 0.192. The van der Waals surface area contributed by atoms with Gasteiger partial charge in [0.15, 0.2) is 0 Å². The number of hydrogen-bond acceptors (Lipinski definition) is 3. The Labute approximate surface area is 120 Å². The lowest BCUT2D eigenvalue weighted by atomic mass is 10.1. The molecular weight excluding hydrogens is 312 g/mol. The van der Waals surface area contributed by atoms with Gasteiger partial charge in [-0.2, -0.15) is 0 Å². The molecule has 1 fully saturated rings. The summed E-state index contributed by atoms with van der Waals surface area (Å²) >= 11 is 5.20. The van der Waals surface area contributed by atoms with Gasteiger partial charge in [0, 0.05) is 17.8 Å². The predicted molar refractivity (Wildman–Crippen MR) is 78.9 cm³/mol. The molecule has 1 atom stereocenters. The summed E-state index contributed by atoms with van der Waals surface area (Å²) in [6.07, 6.45) is 3.75. The Morgan fingerprint density at radius 2 is 2.44 bits per heavy atom. The van der Waals surface area contributed by atoms with E-state index in [9.17, 15) is 4.79 Å². The Morgan fingerprint density at radius 3 is 3.11 bits per heavy atom. The molecular formula is C13H19BrN2OS. The highest BCUT2D eigenvalue weighted by Crippen LogP contribution is 2.23. The summed E-state index contributed by atoms with van der Waals surface area (Å²) in [6, 6.07) is 4.18. The van der Waals surface area contributed by atoms with Gasteiger partial charge in [0.05, 0.1) is 3.79 Å². The van der Waals surface area contributed by atoms with Crippen molar-refractivity contribution in [1.29, 1.82) is 0 Å². The molecule has 0 bridgehead atoms. The largest absolute Gasteiger partial charge is 0.356 e. The normalized spacial score (nSPS) is 19.1. The van der Waals surface area contributed by atoms with Crippen LogP contribution in [-0.2, 0) is 11.2 Å². The van der Waals surface area contributed by atoms with Crippen molar-refractivity contribution in [2.45, 2.75) is 25.7 Å². The molecule has 1 saturated heterocycles. The average molecular weight is 331 g/mol. The van der Waals surface area contributed by atoms with Gasteiger partial charge in [0.1, 0.15) is 0 Å². The van der Waals surface area contributed by atoms with Gasteiger partial charge >= 0.3 is 0 Å². The molecule has 1 amide bonds. The number of rotatable bonds is 6. The first kappa shape index (κ1) is 14.0. The summed E-state index contributed by atoms with van der Waals surface area (Å²) in [5, 5.41) is 6.34. The fourth-order valence-electron chi connectivity index (χ4n) is 2.14. The number of carbonyl (C=O) groups is 1. The van der Waals surface area contributed by atoms with E-state index in [1.165, 1.54) is 11.3 Å². The van der Waals surface area contributed by atoms with E-state index in [0.717, 1.165) is 36.3 Å². The minimum absolute atomic E-state index is 0.192. The van der Waals surface area contributed by atoms with E-state index in [1.807, 2.05) is 0 Å². The first-order valence-corrected chi connectivity index (χ1v) is 8.06.